The van der Waals surface area contributed by atoms with Gasteiger partial charge in [-0.3, -0.25) is 14.9 Å². The van der Waals surface area contributed by atoms with Gasteiger partial charge in [-0.1, -0.05) is 35.8 Å². The lowest BCUT2D eigenvalue weighted by molar-refractivity contribution is -0.385. The van der Waals surface area contributed by atoms with Gasteiger partial charge in [-0.15, -0.1) is 0 Å². The van der Waals surface area contributed by atoms with Crippen LogP contribution in [-0.2, 0) is 6.61 Å². The summed E-state index contributed by atoms with van der Waals surface area (Å²) in [6.45, 7) is 4.24. The molecule has 10 nitrogen and oxygen atoms in total. The van der Waals surface area contributed by atoms with Crippen LogP contribution in [0.1, 0.15) is 43.1 Å². The van der Waals surface area contributed by atoms with Crippen LogP contribution in [-0.4, -0.2) is 27.6 Å². The van der Waals surface area contributed by atoms with Gasteiger partial charge in [0.2, 0.25) is 6.79 Å². The van der Waals surface area contributed by atoms with Crippen molar-refractivity contribution in [3.63, 3.8) is 0 Å². The predicted octanol–water partition coefficient (Wildman–Crippen LogP) is 5.77. The molecular formula is C27H23BrN4O6. The molecule has 194 valence electrons. The van der Waals surface area contributed by atoms with E-state index in [1.165, 1.54) is 23.0 Å². The molecule has 0 fully saturated rings. The van der Waals surface area contributed by atoms with Crippen molar-refractivity contribution in [2.45, 2.75) is 32.8 Å². The third kappa shape index (κ3) is 5.10. The summed E-state index contributed by atoms with van der Waals surface area (Å²) < 4.78 is 18.4. The van der Waals surface area contributed by atoms with Crippen molar-refractivity contribution in [2.75, 3.05) is 6.79 Å². The second kappa shape index (κ2) is 10.6. The van der Waals surface area contributed by atoms with E-state index < -0.39 is 4.92 Å². The third-order valence-electron chi connectivity index (χ3n) is 6.22. The van der Waals surface area contributed by atoms with Crippen molar-refractivity contribution in [3.05, 3.63) is 96.5 Å². The highest BCUT2D eigenvalue weighted by atomic mass is 79.9. The van der Waals surface area contributed by atoms with E-state index in [1.54, 1.807) is 30.3 Å². The number of fused-ring (bicyclic) bond motifs is 2. The summed E-state index contributed by atoms with van der Waals surface area (Å²) in [7, 11) is 0. The first-order valence-electron chi connectivity index (χ1n) is 11.9. The maximum Gasteiger partial charge on any atom is 0.311 e. The van der Waals surface area contributed by atoms with Crippen LogP contribution in [0.3, 0.4) is 0 Å². The van der Waals surface area contributed by atoms with Gasteiger partial charge in [-0.05, 0) is 54.4 Å². The Balaban J connectivity index is 1.45. The number of nitro groups is 1. The molecule has 0 saturated carbocycles. The highest BCUT2D eigenvalue weighted by molar-refractivity contribution is 9.10. The van der Waals surface area contributed by atoms with E-state index in [4.69, 9.17) is 14.2 Å². The van der Waals surface area contributed by atoms with Crippen LogP contribution in [0.15, 0.2) is 69.0 Å². The second-order valence-electron chi connectivity index (χ2n) is 8.76. The molecule has 1 aliphatic heterocycles. The van der Waals surface area contributed by atoms with Crippen LogP contribution >= 0.6 is 15.9 Å². The molecule has 0 bridgehead atoms. The van der Waals surface area contributed by atoms with E-state index in [9.17, 15) is 14.9 Å². The highest BCUT2D eigenvalue weighted by Gasteiger charge is 2.19. The lowest BCUT2D eigenvalue weighted by Crippen LogP contribution is -2.23. The number of hydrogen-bond donors (Lipinski definition) is 0. The number of ether oxygens (including phenoxy) is 3. The molecule has 0 unspecified atom stereocenters. The molecule has 5 rings (SSSR count). The maximum atomic E-state index is 13.3. The van der Waals surface area contributed by atoms with E-state index in [0.29, 0.717) is 33.8 Å². The molecule has 0 amide bonds. The summed E-state index contributed by atoms with van der Waals surface area (Å²) in [5.41, 5.74) is 1.26. The van der Waals surface area contributed by atoms with Gasteiger partial charge in [0, 0.05) is 22.0 Å². The Kier molecular flexibility index (Phi) is 7.10. The molecule has 1 aliphatic rings. The minimum absolute atomic E-state index is 0.0332. The lowest BCUT2D eigenvalue weighted by Gasteiger charge is -2.14. The van der Waals surface area contributed by atoms with Crippen molar-refractivity contribution in [1.82, 2.24) is 9.66 Å². The van der Waals surface area contributed by atoms with Crippen LogP contribution in [0, 0.1) is 10.1 Å². The summed E-state index contributed by atoms with van der Waals surface area (Å²) in [5.74, 6) is 1.85. The number of nitro benzene ring substituents is 1. The lowest BCUT2D eigenvalue weighted by atomic mass is 10.1. The highest BCUT2D eigenvalue weighted by Crippen LogP contribution is 2.34. The van der Waals surface area contributed by atoms with Gasteiger partial charge in [-0.25, -0.2) is 4.98 Å². The van der Waals surface area contributed by atoms with Crippen molar-refractivity contribution in [1.29, 1.82) is 0 Å². The Morgan fingerprint density at radius 2 is 2.00 bits per heavy atom. The maximum absolute atomic E-state index is 13.3. The molecule has 0 aliphatic carbocycles. The normalized spacial score (nSPS) is 13.2. The van der Waals surface area contributed by atoms with Crippen LogP contribution in [0.2, 0.25) is 0 Å². The number of rotatable bonds is 8. The Labute approximate surface area is 225 Å². The van der Waals surface area contributed by atoms with Crippen LogP contribution in [0.5, 0.6) is 17.2 Å². The summed E-state index contributed by atoms with van der Waals surface area (Å²) in [6, 6.07) is 15.2. The number of hydrogen-bond acceptors (Lipinski definition) is 8. The quantitative estimate of drug-likeness (QED) is 0.148. The standard InChI is InChI=1S/C27H23BrN4O6/c1-3-16(2)26-30-21-7-6-19(28)12-20(21)27(33)31(26)29-13-17-4-8-23(22(10-17)32(34)35)36-14-18-5-9-24-25(11-18)38-15-37-24/h4-13,16H,3,14-15H2,1-2H3/t16-/m1/s1. The minimum atomic E-state index is -0.516. The second-order valence-corrected chi connectivity index (χ2v) is 9.68. The van der Waals surface area contributed by atoms with Crippen LogP contribution < -0.4 is 19.8 Å². The van der Waals surface area contributed by atoms with Crippen molar-refractivity contribution in [2.24, 2.45) is 5.10 Å². The summed E-state index contributed by atoms with van der Waals surface area (Å²) in [5, 5.41) is 16.6. The van der Waals surface area contributed by atoms with Gasteiger partial charge in [0.25, 0.3) is 5.56 Å². The monoisotopic (exact) mass is 578 g/mol. The Hall–Kier alpha value is -4.25. The Morgan fingerprint density at radius 3 is 2.79 bits per heavy atom. The molecule has 1 atom stereocenters. The molecule has 38 heavy (non-hydrogen) atoms. The first-order chi connectivity index (χ1) is 18.3. The van der Waals surface area contributed by atoms with Gasteiger partial charge >= 0.3 is 5.69 Å². The van der Waals surface area contributed by atoms with Gasteiger partial charge < -0.3 is 14.2 Å². The number of halogens is 1. The molecule has 3 aromatic carbocycles. The van der Waals surface area contributed by atoms with Crippen molar-refractivity contribution < 1.29 is 19.1 Å². The van der Waals surface area contributed by atoms with Gasteiger partial charge in [-0.2, -0.15) is 9.78 Å². The molecular weight excluding hydrogens is 556 g/mol. The fourth-order valence-electron chi connectivity index (χ4n) is 3.97. The van der Waals surface area contributed by atoms with Crippen LogP contribution in [0.4, 0.5) is 5.69 Å². The van der Waals surface area contributed by atoms with Gasteiger partial charge in [0.1, 0.15) is 12.4 Å². The van der Waals surface area contributed by atoms with Gasteiger partial charge in [0.15, 0.2) is 17.2 Å². The molecule has 4 aromatic rings. The fourth-order valence-corrected chi connectivity index (χ4v) is 4.34. The zero-order valence-corrected chi connectivity index (χ0v) is 22.2. The topological polar surface area (TPSA) is 118 Å². The van der Waals surface area contributed by atoms with E-state index in [0.717, 1.165) is 16.5 Å². The summed E-state index contributed by atoms with van der Waals surface area (Å²) in [6.07, 6.45) is 2.16. The fraction of sp³-hybridized carbons (Fsp3) is 0.222. The smallest absolute Gasteiger partial charge is 0.311 e. The van der Waals surface area contributed by atoms with Crippen LogP contribution in [0.25, 0.3) is 10.9 Å². The number of benzene rings is 3. The summed E-state index contributed by atoms with van der Waals surface area (Å²) in [4.78, 5) is 29.3. The predicted molar refractivity (Wildman–Crippen MR) is 145 cm³/mol. The third-order valence-corrected chi connectivity index (χ3v) is 6.71. The molecule has 0 N–H and O–H groups in total. The molecule has 0 radical (unpaired) electrons. The van der Waals surface area contributed by atoms with E-state index in [1.807, 2.05) is 26.0 Å². The first kappa shape index (κ1) is 25.4. The first-order valence-corrected chi connectivity index (χ1v) is 12.7. The summed E-state index contributed by atoms with van der Waals surface area (Å²) >= 11 is 3.39. The zero-order chi connectivity index (χ0) is 26.8. The molecule has 0 spiro atoms. The van der Waals surface area contributed by atoms with Crippen molar-refractivity contribution in [3.8, 4) is 17.2 Å². The van der Waals surface area contributed by atoms with Crippen molar-refractivity contribution >= 4 is 38.7 Å². The van der Waals surface area contributed by atoms with E-state index in [-0.39, 0.29) is 36.3 Å². The number of nitrogens with zero attached hydrogens (tertiary/aromatic N) is 4. The Morgan fingerprint density at radius 1 is 1.18 bits per heavy atom. The molecule has 2 heterocycles. The average Bonchev–Trinajstić information content (AvgIpc) is 3.39. The Bertz CT molecular complexity index is 1630. The number of aromatic nitrogens is 2. The SMILES string of the molecule is CC[C@@H](C)c1nc2ccc(Br)cc2c(=O)n1N=Cc1ccc(OCc2ccc3c(c2)OCO3)c([N+](=O)[O-])c1. The molecule has 0 saturated heterocycles. The van der Waals surface area contributed by atoms with E-state index >= 15 is 0 Å². The van der Waals surface area contributed by atoms with E-state index in [2.05, 4.69) is 26.0 Å². The minimum Gasteiger partial charge on any atom is -0.482 e. The zero-order valence-electron chi connectivity index (χ0n) is 20.6. The van der Waals surface area contributed by atoms with Gasteiger partial charge in [0.05, 0.1) is 22.0 Å². The largest absolute Gasteiger partial charge is 0.482 e. The molecule has 1 aromatic heterocycles. The molecule has 11 heteroatoms. The average molecular weight is 579 g/mol.